The van der Waals surface area contributed by atoms with Crippen LogP contribution in [-0.2, 0) is 10.0 Å². The van der Waals surface area contributed by atoms with Gasteiger partial charge in [0.05, 0.1) is 4.90 Å². The maximum absolute atomic E-state index is 12.5. The summed E-state index contributed by atoms with van der Waals surface area (Å²) in [5, 5.41) is 3.13. The third kappa shape index (κ3) is 4.30. The Morgan fingerprint density at radius 3 is 2.10 bits per heavy atom. The third-order valence-electron chi connectivity index (χ3n) is 3.22. The van der Waals surface area contributed by atoms with Gasteiger partial charge >= 0.3 is 0 Å². The molecule has 0 aliphatic carbocycles. The summed E-state index contributed by atoms with van der Waals surface area (Å²) in [7, 11) is 0.103. The molecule has 0 amide bonds. The summed E-state index contributed by atoms with van der Waals surface area (Å²) in [6.45, 7) is 8.60. The minimum atomic E-state index is -3.41. The molecule has 0 fully saturated rings. The van der Waals surface area contributed by atoms with Gasteiger partial charge in [-0.25, -0.2) is 12.7 Å². The van der Waals surface area contributed by atoms with Crippen LogP contribution in [0.2, 0.25) is 0 Å². The van der Waals surface area contributed by atoms with Crippen molar-refractivity contribution in [1.82, 2.24) is 9.62 Å². The molecule has 4 nitrogen and oxygen atoms in total. The standard InChI is InChI=1S/C15H26N2O2S/c1-12(16-5)13-7-9-14(10-8-13)20(18,19)17(6)11-15(2,3)4/h7-10,12,16H,11H2,1-6H3. The summed E-state index contributed by atoms with van der Waals surface area (Å²) in [6, 6.07) is 7.28. The van der Waals surface area contributed by atoms with Crippen molar-refractivity contribution >= 4 is 10.0 Å². The average molecular weight is 298 g/mol. The summed E-state index contributed by atoms with van der Waals surface area (Å²) in [5.74, 6) is 0. The van der Waals surface area contributed by atoms with Gasteiger partial charge in [-0.2, -0.15) is 0 Å². The summed E-state index contributed by atoms with van der Waals surface area (Å²) in [4.78, 5) is 0.344. The van der Waals surface area contributed by atoms with E-state index in [1.807, 2.05) is 46.9 Å². The van der Waals surface area contributed by atoms with Crippen molar-refractivity contribution in [1.29, 1.82) is 0 Å². The number of hydrogen-bond donors (Lipinski definition) is 1. The van der Waals surface area contributed by atoms with Gasteiger partial charge in [0.2, 0.25) is 10.0 Å². The Bertz CT molecular complexity index is 530. The molecule has 0 aliphatic heterocycles. The largest absolute Gasteiger partial charge is 0.313 e. The van der Waals surface area contributed by atoms with Crippen molar-refractivity contribution in [2.45, 2.75) is 38.6 Å². The highest BCUT2D eigenvalue weighted by Crippen LogP contribution is 2.22. The molecule has 0 heterocycles. The lowest BCUT2D eigenvalue weighted by Gasteiger charge is -2.26. The van der Waals surface area contributed by atoms with E-state index in [1.165, 1.54) is 4.31 Å². The maximum atomic E-state index is 12.5. The van der Waals surface area contributed by atoms with Crippen LogP contribution in [0.3, 0.4) is 0 Å². The zero-order valence-corrected chi connectivity index (χ0v) is 14.1. The molecule has 0 saturated carbocycles. The Hall–Kier alpha value is -0.910. The van der Waals surface area contributed by atoms with E-state index < -0.39 is 10.0 Å². The van der Waals surface area contributed by atoms with Crippen molar-refractivity contribution < 1.29 is 8.42 Å². The van der Waals surface area contributed by atoms with Crippen LogP contribution in [0.15, 0.2) is 29.2 Å². The van der Waals surface area contributed by atoms with E-state index in [9.17, 15) is 8.42 Å². The monoisotopic (exact) mass is 298 g/mol. The maximum Gasteiger partial charge on any atom is 0.242 e. The lowest BCUT2D eigenvalue weighted by atomic mass is 9.97. The molecule has 0 saturated heterocycles. The predicted molar refractivity (Wildman–Crippen MR) is 83.2 cm³/mol. The smallest absolute Gasteiger partial charge is 0.242 e. The normalized spacial score (nSPS) is 14.6. The van der Waals surface area contributed by atoms with Gasteiger partial charge in [-0.3, -0.25) is 0 Å². The minimum Gasteiger partial charge on any atom is -0.313 e. The molecule has 1 N–H and O–H groups in total. The zero-order chi connectivity index (χ0) is 15.6. The first-order chi connectivity index (χ1) is 9.08. The third-order valence-corrected chi connectivity index (χ3v) is 5.04. The van der Waals surface area contributed by atoms with Gasteiger partial charge in [-0.05, 0) is 37.1 Å². The summed E-state index contributed by atoms with van der Waals surface area (Å²) in [5.41, 5.74) is 1.01. The molecule has 0 aromatic heterocycles. The molecule has 114 valence electrons. The second kappa shape index (κ2) is 6.24. The first-order valence-electron chi connectivity index (χ1n) is 6.81. The molecule has 5 heteroatoms. The van der Waals surface area contributed by atoms with E-state index in [2.05, 4.69) is 5.32 Å². The van der Waals surface area contributed by atoms with Crippen LogP contribution in [0.25, 0.3) is 0 Å². The van der Waals surface area contributed by atoms with E-state index in [1.54, 1.807) is 19.2 Å². The quantitative estimate of drug-likeness (QED) is 0.909. The number of hydrogen-bond acceptors (Lipinski definition) is 3. The Balaban J connectivity index is 2.99. The minimum absolute atomic E-state index is 0.0671. The average Bonchev–Trinajstić information content (AvgIpc) is 2.36. The number of sulfonamides is 1. The van der Waals surface area contributed by atoms with Gasteiger partial charge in [0.25, 0.3) is 0 Å². The van der Waals surface area contributed by atoms with Crippen molar-refractivity contribution in [3.63, 3.8) is 0 Å². The summed E-state index contributed by atoms with van der Waals surface area (Å²) < 4.78 is 26.4. The van der Waals surface area contributed by atoms with E-state index in [0.29, 0.717) is 11.4 Å². The van der Waals surface area contributed by atoms with Gasteiger partial charge < -0.3 is 5.32 Å². The Kier molecular flexibility index (Phi) is 5.35. The number of rotatable bonds is 5. The van der Waals surface area contributed by atoms with Crippen LogP contribution in [0.5, 0.6) is 0 Å². The number of nitrogens with zero attached hydrogens (tertiary/aromatic N) is 1. The number of nitrogens with one attached hydrogen (secondary N) is 1. The highest BCUT2D eigenvalue weighted by atomic mass is 32.2. The molecular formula is C15H26N2O2S. The summed E-state index contributed by atoms with van der Waals surface area (Å²) in [6.07, 6.45) is 0. The van der Waals surface area contributed by atoms with E-state index in [4.69, 9.17) is 0 Å². The molecular weight excluding hydrogens is 272 g/mol. The van der Waals surface area contributed by atoms with Crippen molar-refractivity contribution in [2.75, 3.05) is 20.6 Å². The van der Waals surface area contributed by atoms with Crippen LogP contribution >= 0.6 is 0 Å². The van der Waals surface area contributed by atoms with Gasteiger partial charge in [-0.15, -0.1) is 0 Å². The van der Waals surface area contributed by atoms with E-state index in [0.717, 1.165) is 5.56 Å². The highest BCUT2D eigenvalue weighted by molar-refractivity contribution is 7.89. The fourth-order valence-corrected chi connectivity index (χ4v) is 3.43. The number of benzene rings is 1. The van der Waals surface area contributed by atoms with Crippen LogP contribution in [-0.4, -0.2) is 33.4 Å². The fraction of sp³-hybridized carbons (Fsp3) is 0.600. The molecule has 0 spiro atoms. The predicted octanol–water partition coefficient (Wildman–Crippen LogP) is 2.63. The molecule has 1 rings (SSSR count). The van der Waals surface area contributed by atoms with Crippen LogP contribution in [0.1, 0.15) is 39.3 Å². The molecule has 20 heavy (non-hydrogen) atoms. The zero-order valence-electron chi connectivity index (χ0n) is 13.3. The van der Waals surface area contributed by atoms with Crippen LogP contribution in [0, 0.1) is 5.41 Å². The van der Waals surface area contributed by atoms with Crippen molar-refractivity contribution in [3.8, 4) is 0 Å². The molecule has 1 atom stereocenters. The lowest BCUT2D eigenvalue weighted by Crippen LogP contribution is -2.34. The van der Waals surface area contributed by atoms with E-state index in [-0.39, 0.29) is 11.5 Å². The Labute approximate surface area is 123 Å². The molecule has 0 aliphatic rings. The fourth-order valence-electron chi connectivity index (χ4n) is 2.03. The van der Waals surface area contributed by atoms with Crippen LogP contribution < -0.4 is 5.32 Å². The van der Waals surface area contributed by atoms with Crippen molar-refractivity contribution in [2.24, 2.45) is 5.41 Å². The second-order valence-corrected chi connectivity index (χ2v) is 8.45. The first kappa shape index (κ1) is 17.1. The van der Waals surface area contributed by atoms with Gasteiger partial charge in [0, 0.05) is 19.6 Å². The Morgan fingerprint density at radius 2 is 1.70 bits per heavy atom. The molecule has 0 bridgehead atoms. The topological polar surface area (TPSA) is 49.4 Å². The van der Waals surface area contributed by atoms with E-state index >= 15 is 0 Å². The SMILES string of the molecule is CNC(C)c1ccc(S(=O)(=O)N(C)CC(C)(C)C)cc1. The first-order valence-corrected chi connectivity index (χ1v) is 8.25. The van der Waals surface area contributed by atoms with Crippen LogP contribution in [0.4, 0.5) is 0 Å². The molecule has 1 aromatic carbocycles. The summed E-state index contributed by atoms with van der Waals surface area (Å²) >= 11 is 0. The highest BCUT2D eigenvalue weighted by Gasteiger charge is 2.25. The second-order valence-electron chi connectivity index (χ2n) is 6.40. The van der Waals surface area contributed by atoms with Gasteiger partial charge in [-0.1, -0.05) is 32.9 Å². The molecule has 1 unspecified atom stereocenters. The molecule has 1 aromatic rings. The lowest BCUT2D eigenvalue weighted by molar-refractivity contribution is 0.311. The molecule has 0 radical (unpaired) electrons. The van der Waals surface area contributed by atoms with Crippen molar-refractivity contribution in [3.05, 3.63) is 29.8 Å². The van der Waals surface area contributed by atoms with Gasteiger partial charge in [0.15, 0.2) is 0 Å². The Morgan fingerprint density at radius 1 is 1.20 bits per heavy atom. The van der Waals surface area contributed by atoms with Gasteiger partial charge in [0.1, 0.15) is 0 Å².